The molecule has 0 saturated carbocycles. The summed E-state index contributed by atoms with van der Waals surface area (Å²) in [6.07, 6.45) is 0. The fraction of sp³-hybridized carbons (Fsp3) is 0.571. The molecule has 0 atom stereocenters. The molecule has 0 aliphatic heterocycles. The maximum atomic E-state index is 10.7. The van der Waals surface area contributed by atoms with Crippen LogP contribution >= 0.6 is 11.8 Å². The summed E-state index contributed by atoms with van der Waals surface area (Å²) in [5.41, 5.74) is 0. The number of nitrogens with zero attached hydrogens (tertiary/aromatic N) is 2. The second-order valence-corrected chi connectivity index (χ2v) is 3.48. The Balaban J connectivity index is 2.58. The van der Waals surface area contributed by atoms with Gasteiger partial charge in [0.15, 0.2) is 5.82 Å². The largest absolute Gasteiger partial charge is 0.331 e. The maximum absolute atomic E-state index is 10.7. The normalized spacial score (nSPS) is 10.2. The van der Waals surface area contributed by atoms with Gasteiger partial charge in [0.2, 0.25) is 5.78 Å². The smallest absolute Gasteiger partial charge is 0.293 e. The Morgan fingerprint density at radius 1 is 1.67 bits per heavy atom. The summed E-state index contributed by atoms with van der Waals surface area (Å²) >= 11 is 1.69. The summed E-state index contributed by atoms with van der Waals surface area (Å²) < 4.78 is 4.70. The molecule has 5 heteroatoms. The standard InChI is InChI=1S/C7H10N2O2S/c1-3-12-4-6-8-7(5(2)10)11-9-6/h3-4H2,1-2H3. The van der Waals surface area contributed by atoms with Crippen LogP contribution < -0.4 is 0 Å². The monoisotopic (exact) mass is 186 g/mol. The second-order valence-electron chi connectivity index (χ2n) is 2.21. The molecule has 0 bridgehead atoms. The van der Waals surface area contributed by atoms with E-state index in [1.165, 1.54) is 6.92 Å². The number of carbonyl (C=O) groups excluding carboxylic acids is 1. The summed E-state index contributed by atoms with van der Waals surface area (Å²) in [5.74, 6) is 2.21. The topological polar surface area (TPSA) is 56.0 Å². The molecule has 0 aliphatic carbocycles. The highest BCUT2D eigenvalue weighted by molar-refractivity contribution is 7.98. The van der Waals surface area contributed by atoms with Crippen molar-refractivity contribution in [3.05, 3.63) is 11.7 Å². The van der Waals surface area contributed by atoms with Gasteiger partial charge in [0.1, 0.15) is 0 Å². The van der Waals surface area contributed by atoms with E-state index in [2.05, 4.69) is 17.1 Å². The molecular weight excluding hydrogens is 176 g/mol. The Labute approximate surface area is 74.7 Å². The van der Waals surface area contributed by atoms with Crippen LogP contribution in [0.1, 0.15) is 30.4 Å². The molecule has 1 rings (SSSR count). The van der Waals surface area contributed by atoms with Crippen molar-refractivity contribution >= 4 is 17.5 Å². The number of hydrogen-bond acceptors (Lipinski definition) is 5. The van der Waals surface area contributed by atoms with Crippen LogP contribution in [0, 0.1) is 0 Å². The first-order chi connectivity index (χ1) is 5.74. The van der Waals surface area contributed by atoms with Crippen LogP contribution in [0.4, 0.5) is 0 Å². The van der Waals surface area contributed by atoms with Crippen molar-refractivity contribution in [1.29, 1.82) is 0 Å². The number of rotatable bonds is 4. The zero-order valence-corrected chi connectivity index (χ0v) is 7.85. The predicted octanol–water partition coefficient (Wildman–Crippen LogP) is 1.53. The summed E-state index contributed by atoms with van der Waals surface area (Å²) in [6, 6.07) is 0. The van der Waals surface area contributed by atoms with E-state index in [-0.39, 0.29) is 11.7 Å². The van der Waals surface area contributed by atoms with Crippen LogP contribution in [-0.2, 0) is 5.75 Å². The van der Waals surface area contributed by atoms with Crippen LogP contribution in [0.5, 0.6) is 0 Å². The molecule has 0 radical (unpaired) electrons. The highest BCUT2D eigenvalue weighted by atomic mass is 32.2. The molecule has 0 N–H and O–H groups in total. The number of carbonyl (C=O) groups is 1. The lowest BCUT2D eigenvalue weighted by Crippen LogP contribution is -1.92. The minimum atomic E-state index is -0.185. The van der Waals surface area contributed by atoms with Crippen LogP contribution in [0.25, 0.3) is 0 Å². The van der Waals surface area contributed by atoms with Crippen LogP contribution in [0.3, 0.4) is 0 Å². The predicted molar refractivity (Wildman–Crippen MR) is 46.1 cm³/mol. The van der Waals surface area contributed by atoms with Gasteiger partial charge in [0.05, 0.1) is 5.75 Å². The van der Waals surface area contributed by atoms with Gasteiger partial charge in [0.25, 0.3) is 5.89 Å². The Bertz CT molecular complexity index is 272. The average molecular weight is 186 g/mol. The van der Waals surface area contributed by atoms with Crippen molar-refractivity contribution in [3.8, 4) is 0 Å². The third-order valence-corrected chi connectivity index (χ3v) is 2.08. The van der Waals surface area contributed by atoms with E-state index in [4.69, 9.17) is 4.52 Å². The van der Waals surface area contributed by atoms with E-state index in [0.717, 1.165) is 5.75 Å². The highest BCUT2D eigenvalue weighted by Gasteiger charge is 2.09. The van der Waals surface area contributed by atoms with E-state index in [1.807, 2.05) is 0 Å². The first-order valence-electron chi connectivity index (χ1n) is 3.65. The summed E-state index contributed by atoms with van der Waals surface area (Å²) in [4.78, 5) is 14.6. The van der Waals surface area contributed by atoms with Gasteiger partial charge < -0.3 is 4.52 Å². The van der Waals surface area contributed by atoms with Crippen molar-refractivity contribution < 1.29 is 9.32 Å². The molecular formula is C7H10N2O2S. The van der Waals surface area contributed by atoms with E-state index in [1.54, 1.807) is 11.8 Å². The van der Waals surface area contributed by atoms with Gasteiger partial charge >= 0.3 is 0 Å². The maximum Gasteiger partial charge on any atom is 0.293 e. The third kappa shape index (κ3) is 2.34. The molecule has 1 heterocycles. The lowest BCUT2D eigenvalue weighted by Gasteiger charge is -1.87. The summed E-state index contributed by atoms with van der Waals surface area (Å²) in [6.45, 7) is 3.46. The SMILES string of the molecule is CCSCc1noc(C(C)=O)n1. The second kappa shape index (κ2) is 4.25. The zero-order chi connectivity index (χ0) is 8.97. The van der Waals surface area contributed by atoms with E-state index in [0.29, 0.717) is 11.6 Å². The summed E-state index contributed by atoms with van der Waals surface area (Å²) in [7, 11) is 0. The van der Waals surface area contributed by atoms with Crippen LogP contribution in [0.2, 0.25) is 0 Å². The van der Waals surface area contributed by atoms with Gasteiger partial charge in [-0.15, -0.1) is 0 Å². The molecule has 0 saturated heterocycles. The quantitative estimate of drug-likeness (QED) is 0.667. The van der Waals surface area contributed by atoms with Crippen LogP contribution in [0.15, 0.2) is 4.52 Å². The Hall–Kier alpha value is -0.840. The van der Waals surface area contributed by atoms with E-state index < -0.39 is 0 Å². The van der Waals surface area contributed by atoms with Gasteiger partial charge in [-0.2, -0.15) is 16.7 Å². The van der Waals surface area contributed by atoms with Crippen molar-refractivity contribution in [2.45, 2.75) is 19.6 Å². The van der Waals surface area contributed by atoms with Crippen molar-refractivity contribution in [3.63, 3.8) is 0 Å². The van der Waals surface area contributed by atoms with Crippen molar-refractivity contribution in [2.24, 2.45) is 0 Å². The summed E-state index contributed by atoms with van der Waals surface area (Å²) in [5, 5.41) is 3.65. The number of ketones is 1. The first-order valence-corrected chi connectivity index (χ1v) is 4.80. The van der Waals surface area contributed by atoms with Gasteiger partial charge in [-0.25, -0.2) is 0 Å². The van der Waals surface area contributed by atoms with Crippen molar-refractivity contribution in [1.82, 2.24) is 10.1 Å². The molecule has 12 heavy (non-hydrogen) atoms. The van der Waals surface area contributed by atoms with E-state index in [9.17, 15) is 4.79 Å². The van der Waals surface area contributed by atoms with Gasteiger partial charge in [-0.1, -0.05) is 12.1 Å². The van der Waals surface area contributed by atoms with E-state index >= 15 is 0 Å². The number of thioether (sulfide) groups is 1. The molecule has 0 amide bonds. The highest BCUT2D eigenvalue weighted by Crippen LogP contribution is 2.08. The lowest BCUT2D eigenvalue weighted by molar-refractivity contribution is 0.0972. The molecule has 66 valence electrons. The molecule has 0 fully saturated rings. The van der Waals surface area contributed by atoms with Gasteiger partial charge in [0, 0.05) is 6.92 Å². The van der Waals surface area contributed by atoms with Gasteiger partial charge in [-0.05, 0) is 5.75 Å². The molecule has 0 unspecified atom stereocenters. The Morgan fingerprint density at radius 2 is 2.42 bits per heavy atom. The zero-order valence-electron chi connectivity index (χ0n) is 7.03. The fourth-order valence-corrected chi connectivity index (χ4v) is 1.15. The average Bonchev–Trinajstić information content (AvgIpc) is 2.48. The van der Waals surface area contributed by atoms with Crippen molar-refractivity contribution in [2.75, 3.05) is 5.75 Å². The minimum Gasteiger partial charge on any atom is -0.331 e. The third-order valence-electron chi connectivity index (χ3n) is 1.20. The molecule has 1 aromatic rings. The molecule has 1 aromatic heterocycles. The Kier molecular flexibility index (Phi) is 3.28. The fourth-order valence-electron chi connectivity index (χ4n) is 0.649. The molecule has 0 aliphatic rings. The molecule has 0 spiro atoms. The van der Waals surface area contributed by atoms with Gasteiger partial charge in [-0.3, -0.25) is 4.79 Å². The molecule has 4 nitrogen and oxygen atoms in total. The number of hydrogen-bond donors (Lipinski definition) is 0. The number of Topliss-reactive ketones (excluding diaryl/α,β-unsaturated/α-hetero) is 1. The lowest BCUT2D eigenvalue weighted by atomic mass is 10.4. The first kappa shape index (κ1) is 9.25. The number of aromatic nitrogens is 2. The van der Waals surface area contributed by atoms with Crippen LogP contribution in [-0.4, -0.2) is 21.7 Å². The Morgan fingerprint density at radius 3 is 2.92 bits per heavy atom. The molecule has 0 aromatic carbocycles. The minimum absolute atomic E-state index is 0.0988.